The molecule has 1 heterocycles. The summed E-state index contributed by atoms with van der Waals surface area (Å²) in [6, 6.07) is 10.8. The minimum absolute atomic E-state index is 0.0689. The second kappa shape index (κ2) is 6.96. The number of nitrogens with one attached hydrogen (secondary N) is 1. The number of rotatable bonds is 4. The zero-order chi connectivity index (χ0) is 18.0. The van der Waals surface area contributed by atoms with Crippen molar-refractivity contribution in [2.75, 3.05) is 23.3 Å². The molecule has 1 aliphatic rings. The van der Waals surface area contributed by atoms with Crippen LogP contribution in [-0.4, -0.2) is 19.0 Å². The van der Waals surface area contributed by atoms with E-state index in [0.29, 0.717) is 6.54 Å². The molecule has 1 amide bonds. The molecule has 7 heteroatoms. The van der Waals surface area contributed by atoms with E-state index in [9.17, 15) is 18.0 Å². The predicted molar refractivity (Wildman–Crippen MR) is 92.1 cm³/mol. The van der Waals surface area contributed by atoms with Crippen molar-refractivity contribution in [1.29, 1.82) is 0 Å². The summed E-state index contributed by atoms with van der Waals surface area (Å²) in [5.41, 5.74) is 1.43. The lowest BCUT2D eigenvalue weighted by Gasteiger charge is -2.18. The maximum atomic E-state index is 12.8. The molecule has 25 heavy (non-hydrogen) atoms. The number of fused-ring (bicyclic) bond motifs is 1. The fourth-order valence-corrected chi connectivity index (χ4v) is 3.06. The maximum absolute atomic E-state index is 12.8. The maximum Gasteiger partial charge on any atom is 0.416 e. The molecule has 0 radical (unpaired) electrons. The van der Waals surface area contributed by atoms with Crippen molar-refractivity contribution < 1.29 is 18.0 Å². The Morgan fingerprint density at radius 1 is 1.20 bits per heavy atom. The van der Waals surface area contributed by atoms with Crippen LogP contribution in [0.4, 0.5) is 24.5 Å². The number of halogens is 4. The number of hydrogen-bond donors (Lipinski definition) is 1. The molecule has 0 aliphatic carbocycles. The van der Waals surface area contributed by atoms with Gasteiger partial charge in [-0.25, -0.2) is 0 Å². The fraction of sp³-hybridized carbons (Fsp3) is 0.278. The lowest BCUT2D eigenvalue weighted by atomic mass is 10.2. The zero-order valence-electron chi connectivity index (χ0n) is 13.2. The Hall–Kier alpha value is -2.21. The van der Waals surface area contributed by atoms with Crippen LogP contribution >= 0.6 is 11.6 Å². The number of carbonyl (C=O) groups excluding carboxylic acids is 1. The number of amides is 1. The van der Waals surface area contributed by atoms with Gasteiger partial charge in [0.05, 0.1) is 16.3 Å². The van der Waals surface area contributed by atoms with Gasteiger partial charge in [-0.1, -0.05) is 29.8 Å². The van der Waals surface area contributed by atoms with E-state index in [4.69, 9.17) is 11.6 Å². The fourth-order valence-electron chi connectivity index (χ4n) is 2.87. The van der Waals surface area contributed by atoms with Gasteiger partial charge in [0.2, 0.25) is 5.91 Å². The molecule has 0 fully saturated rings. The van der Waals surface area contributed by atoms with Crippen molar-refractivity contribution in [3.05, 3.63) is 58.6 Å². The summed E-state index contributed by atoms with van der Waals surface area (Å²) in [7, 11) is 0. The molecule has 0 bridgehead atoms. The highest BCUT2D eigenvalue weighted by molar-refractivity contribution is 6.33. The van der Waals surface area contributed by atoms with Crippen molar-refractivity contribution in [3.63, 3.8) is 0 Å². The van der Waals surface area contributed by atoms with E-state index in [1.165, 1.54) is 6.07 Å². The van der Waals surface area contributed by atoms with Crippen molar-refractivity contribution in [3.8, 4) is 0 Å². The lowest BCUT2D eigenvalue weighted by molar-refractivity contribution is -0.137. The molecule has 0 unspecified atom stereocenters. The highest BCUT2D eigenvalue weighted by Gasteiger charge is 2.31. The van der Waals surface area contributed by atoms with Crippen molar-refractivity contribution >= 4 is 28.9 Å². The van der Waals surface area contributed by atoms with Crippen LogP contribution in [0.1, 0.15) is 17.5 Å². The SMILES string of the molecule is O=C(CCNc1cc(C(F)(F)F)ccc1Cl)N1CCc2ccccc21. The minimum atomic E-state index is -4.43. The molecule has 3 rings (SSSR count). The van der Waals surface area contributed by atoms with Crippen LogP contribution in [0.3, 0.4) is 0 Å². The average molecular weight is 369 g/mol. The first-order chi connectivity index (χ1) is 11.9. The summed E-state index contributed by atoms with van der Waals surface area (Å²) in [5.74, 6) is -0.0689. The number of para-hydroxylation sites is 1. The van der Waals surface area contributed by atoms with Crippen molar-refractivity contribution in [2.45, 2.75) is 19.0 Å². The number of benzene rings is 2. The van der Waals surface area contributed by atoms with E-state index in [1.807, 2.05) is 24.3 Å². The summed E-state index contributed by atoms with van der Waals surface area (Å²) >= 11 is 5.93. The molecule has 2 aromatic carbocycles. The number of anilines is 2. The molecule has 1 N–H and O–H groups in total. The van der Waals surface area contributed by atoms with Gasteiger partial charge in [0, 0.05) is 25.2 Å². The van der Waals surface area contributed by atoms with E-state index < -0.39 is 11.7 Å². The second-order valence-electron chi connectivity index (χ2n) is 5.79. The summed E-state index contributed by atoms with van der Waals surface area (Å²) in [4.78, 5) is 14.1. The molecule has 132 valence electrons. The summed E-state index contributed by atoms with van der Waals surface area (Å²) < 4.78 is 38.3. The van der Waals surface area contributed by atoms with Crippen LogP contribution in [0, 0.1) is 0 Å². The third-order valence-corrected chi connectivity index (χ3v) is 4.47. The Morgan fingerprint density at radius 2 is 1.96 bits per heavy atom. The lowest BCUT2D eigenvalue weighted by Crippen LogP contribution is -2.30. The van der Waals surface area contributed by atoms with Gasteiger partial charge in [0.15, 0.2) is 0 Å². The van der Waals surface area contributed by atoms with E-state index >= 15 is 0 Å². The molecule has 0 aromatic heterocycles. The monoisotopic (exact) mass is 368 g/mol. The smallest absolute Gasteiger partial charge is 0.383 e. The first-order valence-electron chi connectivity index (χ1n) is 7.85. The molecule has 0 saturated carbocycles. The number of nitrogens with zero attached hydrogens (tertiary/aromatic N) is 1. The Kier molecular flexibility index (Phi) is 4.90. The van der Waals surface area contributed by atoms with Gasteiger partial charge in [-0.2, -0.15) is 13.2 Å². The van der Waals surface area contributed by atoms with Gasteiger partial charge in [-0.3, -0.25) is 4.79 Å². The predicted octanol–water partition coefficient (Wildman–Crippen LogP) is 4.75. The van der Waals surface area contributed by atoms with Gasteiger partial charge >= 0.3 is 6.18 Å². The van der Waals surface area contributed by atoms with Crippen LogP contribution < -0.4 is 10.2 Å². The van der Waals surface area contributed by atoms with E-state index in [-0.39, 0.29) is 29.6 Å². The zero-order valence-corrected chi connectivity index (χ0v) is 14.0. The van der Waals surface area contributed by atoms with Crippen LogP contribution in [0.2, 0.25) is 5.02 Å². The molecule has 0 spiro atoms. The first kappa shape index (κ1) is 17.6. The van der Waals surface area contributed by atoms with Gasteiger partial charge < -0.3 is 10.2 Å². The van der Waals surface area contributed by atoms with Crippen LogP contribution in [0.5, 0.6) is 0 Å². The van der Waals surface area contributed by atoms with E-state index in [1.54, 1.807) is 4.90 Å². The van der Waals surface area contributed by atoms with Gasteiger partial charge in [-0.05, 0) is 36.2 Å². The average Bonchev–Trinajstić information content (AvgIpc) is 2.99. The summed E-state index contributed by atoms with van der Waals surface area (Å²) in [6.45, 7) is 0.834. The highest BCUT2D eigenvalue weighted by atomic mass is 35.5. The minimum Gasteiger partial charge on any atom is -0.383 e. The first-order valence-corrected chi connectivity index (χ1v) is 8.23. The number of alkyl halides is 3. The molecular weight excluding hydrogens is 353 g/mol. The molecule has 2 aromatic rings. The Labute approximate surface area is 148 Å². The highest BCUT2D eigenvalue weighted by Crippen LogP contribution is 2.34. The molecule has 0 saturated heterocycles. The van der Waals surface area contributed by atoms with Crippen LogP contribution in [-0.2, 0) is 17.4 Å². The summed E-state index contributed by atoms with van der Waals surface area (Å²) in [6.07, 6.45) is -3.45. The number of carbonyl (C=O) groups is 1. The molecule has 1 aliphatic heterocycles. The topological polar surface area (TPSA) is 32.3 Å². The third kappa shape index (κ3) is 3.90. The largest absolute Gasteiger partial charge is 0.416 e. The van der Waals surface area contributed by atoms with Gasteiger partial charge in [0.25, 0.3) is 0 Å². The Bertz CT molecular complexity index is 792. The molecular formula is C18H16ClF3N2O. The summed E-state index contributed by atoms with van der Waals surface area (Å²) in [5, 5.41) is 3.01. The van der Waals surface area contributed by atoms with Gasteiger partial charge in [0.1, 0.15) is 0 Å². The second-order valence-corrected chi connectivity index (χ2v) is 6.20. The Balaban J connectivity index is 1.61. The molecule has 0 atom stereocenters. The van der Waals surface area contributed by atoms with Crippen LogP contribution in [0.25, 0.3) is 0 Å². The normalized spacial score (nSPS) is 13.7. The van der Waals surface area contributed by atoms with E-state index in [0.717, 1.165) is 29.8 Å². The standard InChI is InChI=1S/C18H16ClF3N2O/c19-14-6-5-13(18(20,21)22)11-15(14)23-9-7-17(25)24-10-8-12-3-1-2-4-16(12)24/h1-6,11,23H,7-10H2. The van der Waals surface area contributed by atoms with Crippen molar-refractivity contribution in [1.82, 2.24) is 0 Å². The third-order valence-electron chi connectivity index (χ3n) is 4.14. The van der Waals surface area contributed by atoms with E-state index in [2.05, 4.69) is 5.32 Å². The molecule has 3 nitrogen and oxygen atoms in total. The number of hydrogen-bond acceptors (Lipinski definition) is 2. The van der Waals surface area contributed by atoms with Gasteiger partial charge in [-0.15, -0.1) is 0 Å². The quantitative estimate of drug-likeness (QED) is 0.844. The van der Waals surface area contributed by atoms with Crippen molar-refractivity contribution in [2.24, 2.45) is 0 Å². The van der Waals surface area contributed by atoms with Crippen LogP contribution in [0.15, 0.2) is 42.5 Å². The Morgan fingerprint density at radius 3 is 2.72 bits per heavy atom.